The molecule has 0 unspecified atom stereocenters. The van der Waals surface area contributed by atoms with Crippen LogP contribution in [0.4, 0.5) is 0 Å². The van der Waals surface area contributed by atoms with E-state index in [2.05, 4.69) is 50.2 Å². The second-order valence-electron chi connectivity index (χ2n) is 4.59. The fourth-order valence-corrected chi connectivity index (χ4v) is 2.86. The highest BCUT2D eigenvalue weighted by Crippen LogP contribution is 2.30. The number of rotatable bonds is 2. The van der Waals surface area contributed by atoms with Crippen molar-refractivity contribution in [2.75, 3.05) is 0 Å². The molecule has 0 radical (unpaired) electrons. The first-order valence-electron chi connectivity index (χ1n) is 6.11. The molecular weight excluding hydrogens is 226 g/mol. The van der Waals surface area contributed by atoms with Crippen LogP contribution in [0.25, 0.3) is 5.57 Å². The van der Waals surface area contributed by atoms with E-state index in [9.17, 15) is 0 Å². The molecule has 2 heteroatoms. The highest BCUT2D eigenvalue weighted by molar-refractivity contribution is 7.10. The summed E-state index contributed by atoms with van der Waals surface area (Å²) in [6.07, 6.45) is 6.74. The molecule has 1 aromatic rings. The van der Waals surface area contributed by atoms with Crippen molar-refractivity contribution in [2.24, 2.45) is 0 Å². The van der Waals surface area contributed by atoms with Gasteiger partial charge in [0.05, 0.1) is 0 Å². The molecule has 1 aliphatic rings. The van der Waals surface area contributed by atoms with Gasteiger partial charge < -0.3 is 0 Å². The zero-order valence-electron chi connectivity index (χ0n) is 11.0. The summed E-state index contributed by atoms with van der Waals surface area (Å²) < 4.78 is 0. The van der Waals surface area contributed by atoms with Gasteiger partial charge in [0.1, 0.15) is 5.01 Å². The van der Waals surface area contributed by atoms with Crippen LogP contribution in [0.15, 0.2) is 34.3 Å². The lowest BCUT2D eigenvalue weighted by molar-refractivity contribution is 1.07. The van der Waals surface area contributed by atoms with Gasteiger partial charge in [-0.3, -0.25) is 0 Å². The van der Waals surface area contributed by atoms with Crippen LogP contribution in [0.3, 0.4) is 0 Å². The van der Waals surface area contributed by atoms with Gasteiger partial charge in [0.15, 0.2) is 0 Å². The maximum Gasteiger partial charge on any atom is 0.123 e. The van der Waals surface area contributed by atoms with Crippen molar-refractivity contribution in [1.29, 1.82) is 0 Å². The Hall–Kier alpha value is -1.15. The largest absolute Gasteiger partial charge is 0.241 e. The molecule has 0 aliphatic heterocycles. The minimum Gasteiger partial charge on any atom is -0.241 e. The molecule has 0 atom stereocenters. The monoisotopic (exact) mass is 245 g/mol. The van der Waals surface area contributed by atoms with Crippen LogP contribution in [0.2, 0.25) is 0 Å². The summed E-state index contributed by atoms with van der Waals surface area (Å²) in [5.74, 6) is 0. The van der Waals surface area contributed by atoms with E-state index in [4.69, 9.17) is 0 Å². The average molecular weight is 245 g/mol. The zero-order valence-corrected chi connectivity index (χ0v) is 11.8. The molecule has 2 rings (SSSR count). The average Bonchev–Trinajstić information content (AvgIpc) is 2.69. The summed E-state index contributed by atoms with van der Waals surface area (Å²) in [6, 6.07) is 0. The maximum absolute atomic E-state index is 4.58. The highest BCUT2D eigenvalue weighted by Gasteiger charge is 2.11. The normalized spacial score (nSPS) is 16.7. The topological polar surface area (TPSA) is 12.9 Å². The van der Waals surface area contributed by atoms with Gasteiger partial charge in [-0.2, -0.15) is 0 Å². The fraction of sp³-hybridized carbons (Fsp3) is 0.400. The predicted molar refractivity (Wildman–Crippen MR) is 76.2 cm³/mol. The number of allylic oxidation sites excluding steroid dienone is 6. The summed E-state index contributed by atoms with van der Waals surface area (Å²) in [4.78, 5) is 4.58. The molecule has 0 aromatic carbocycles. The Labute approximate surface area is 108 Å². The molecule has 17 heavy (non-hydrogen) atoms. The van der Waals surface area contributed by atoms with E-state index < -0.39 is 0 Å². The van der Waals surface area contributed by atoms with Gasteiger partial charge in [-0.25, -0.2) is 4.98 Å². The lowest BCUT2D eigenvalue weighted by Gasteiger charge is -2.06. The van der Waals surface area contributed by atoms with Crippen LogP contribution >= 0.6 is 11.3 Å². The lowest BCUT2D eigenvalue weighted by atomic mass is 10.00. The molecule has 0 saturated carbocycles. The minimum atomic E-state index is 1.04. The quantitative estimate of drug-likeness (QED) is 0.721. The second kappa shape index (κ2) is 5.01. The Kier molecular flexibility index (Phi) is 3.63. The molecule has 1 aliphatic carbocycles. The van der Waals surface area contributed by atoms with Crippen LogP contribution < -0.4 is 0 Å². The Bertz CT molecular complexity index is 515. The van der Waals surface area contributed by atoms with Crippen LogP contribution in [0.1, 0.15) is 44.3 Å². The molecule has 0 bridgehead atoms. The second-order valence-corrected chi connectivity index (χ2v) is 5.44. The third kappa shape index (κ3) is 2.58. The van der Waals surface area contributed by atoms with Crippen molar-refractivity contribution in [3.05, 3.63) is 45.0 Å². The first-order valence-corrected chi connectivity index (χ1v) is 6.99. The van der Waals surface area contributed by atoms with Crippen molar-refractivity contribution >= 4 is 16.9 Å². The number of hydrogen-bond donors (Lipinski definition) is 0. The first-order chi connectivity index (χ1) is 8.11. The van der Waals surface area contributed by atoms with Gasteiger partial charge >= 0.3 is 0 Å². The van der Waals surface area contributed by atoms with Gasteiger partial charge in [0.25, 0.3) is 0 Å². The molecule has 1 nitrogen and oxygen atoms in total. The van der Waals surface area contributed by atoms with E-state index in [1.54, 1.807) is 11.3 Å². The molecule has 1 aromatic heterocycles. The first kappa shape index (κ1) is 12.3. The number of aryl methyl sites for hydroxylation is 1. The van der Waals surface area contributed by atoms with Crippen LogP contribution in [0, 0.1) is 6.92 Å². The molecule has 90 valence electrons. The third-order valence-corrected chi connectivity index (χ3v) is 4.34. The van der Waals surface area contributed by atoms with Gasteiger partial charge in [-0.1, -0.05) is 18.6 Å². The van der Waals surface area contributed by atoms with E-state index in [0.29, 0.717) is 0 Å². The molecule has 0 spiro atoms. The Morgan fingerprint density at radius 1 is 1.29 bits per heavy atom. The van der Waals surface area contributed by atoms with Gasteiger partial charge in [0, 0.05) is 16.6 Å². The smallest absolute Gasteiger partial charge is 0.123 e. The summed E-state index contributed by atoms with van der Waals surface area (Å²) >= 11 is 1.74. The van der Waals surface area contributed by atoms with Crippen molar-refractivity contribution in [2.45, 2.75) is 40.5 Å². The van der Waals surface area contributed by atoms with E-state index in [-0.39, 0.29) is 0 Å². The van der Waals surface area contributed by atoms with E-state index in [1.807, 2.05) is 0 Å². The Morgan fingerprint density at radius 2 is 2.06 bits per heavy atom. The molecule has 0 saturated heterocycles. The number of aromatic nitrogens is 1. The van der Waals surface area contributed by atoms with Crippen molar-refractivity contribution in [3.63, 3.8) is 0 Å². The number of nitrogens with zero attached hydrogens (tertiary/aromatic N) is 1. The minimum absolute atomic E-state index is 1.04. The van der Waals surface area contributed by atoms with Crippen LogP contribution in [0.5, 0.6) is 0 Å². The molecule has 0 amide bonds. The molecule has 0 N–H and O–H groups in total. The van der Waals surface area contributed by atoms with Gasteiger partial charge in [0.2, 0.25) is 0 Å². The third-order valence-electron chi connectivity index (χ3n) is 3.33. The summed E-state index contributed by atoms with van der Waals surface area (Å²) in [5.41, 5.74) is 6.77. The predicted octanol–water partition coefficient (Wildman–Crippen LogP) is 4.91. The van der Waals surface area contributed by atoms with E-state index >= 15 is 0 Å². The summed E-state index contributed by atoms with van der Waals surface area (Å²) in [6.45, 7) is 8.73. The SMILES string of the molecule is CCC1=CC(c2nc(C)cs2)=CCC(C)=C1C. The standard InChI is InChI=1S/C15H19NS/c1-5-13-8-14(7-6-10(2)12(13)4)15-16-11(3)9-17-15/h7-9H,5-6H2,1-4H3. The number of thiazole rings is 1. The van der Waals surface area contributed by atoms with Crippen molar-refractivity contribution in [3.8, 4) is 0 Å². The van der Waals surface area contributed by atoms with Crippen LogP contribution in [-0.2, 0) is 0 Å². The Balaban J connectivity index is 2.42. The zero-order chi connectivity index (χ0) is 12.4. The van der Waals surface area contributed by atoms with E-state index in [1.165, 1.54) is 22.3 Å². The van der Waals surface area contributed by atoms with Gasteiger partial charge in [-0.05, 0) is 50.8 Å². The van der Waals surface area contributed by atoms with Crippen molar-refractivity contribution < 1.29 is 0 Å². The van der Waals surface area contributed by atoms with E-state index in [0.717, 1.165) is 23.5 Å². The molecular formula is C15H19NS. The molecule has 0 fully saturated rings. The van der Waals surface area contributed by atoms with Gasteiger partial charge in [-0.15, -0.1) is 11.3 Å². The molecule has 1 heterocycles. The number of hydrogen-bond acceptors (Lipinski definition) is 2. The summed E-state index contributed by atoms with van der Waals surface area (Å²) in [7, 11) is 0. The lowest BCUT2D eigenvalue weighted by Crippen LogP contribution is -1.87. The fourth-order valence-electron chi connectivity index (χ4n) is 2.05. The highest BCUT2D eigenvalue weighted by atomic mass is 32.1. The van der Waals surface area contributed by atoms with Crippen molar-refractivity contribution in [1.82, 2.24) is 4.98 Å². The van der Waals surface area contributed by atoms with Crippen LogP contribution in [-0.4, -0.2) is 4.98 Å². The maximum atomic E-state index is 4.58. The Morgan fingerprint density at radius 3 is 2.65 bits per heavy atom. The summed E-state index contributed by atoms with van der Waals surface area (Å²) in [5, 5.41) is 3.27.